The van der Waals surface area contributed by atoms with Crippen molar-refractivity contribution in [3.63, 3.8) is 0 Å². The molecule has 2 rings (SSSR count). The van der Waals surface area contributed by atoms with Crippen LogP contribution in [0.4, 0.5) is 0 Å². The molecule has 0 aromatic heterocycles. The van der Waals surface area contributed by atoms with Crippen molar-refractivity contribution in [2.75, 3.05) is 0 Å². The molecule has 0 bridgehead atoms. The Morgan fingerprint density at radius 1 is 1.06 bits per heavy atom. The van der Waals surface area contributed by atoms with Gasteiger partial charge in [0.1, 0.15) is 0 Å². The lowest BCUT2D eigenvalue weighted by Gasteiger charge is -2.23. The maximum Gasteiger partial charge on any atom is 0.0294 e. The van der Waals surface area contributed by atoms with Gasteiger partial charge in [-0.2, -0.15) is 0 Å². The minimum atomic E-state index is 0.239. The van der Waals surface area contributed by atoms with Gasteiger partial charge in [0.2, 0.25) is 0 Å². The summed E-state index contributed by atoms with van der Waals surface area (Å²) in [5.74, 6) is 0.948. The third-order valence-corrected chi connectivity index (χ3v) is 3.84. The smallest absolute Gasteiger partial charge is 0.0294 e. The maximum absolute atomic E-state index is 6.21. The Bertz CT molecular complexity index is 288. The van der Waals surface area contributed by atoms with Gasteiger partial charge in [0, 0.05) is 6.04 Å². The Hall–Kier alpha value is -0.820. The second-order valence-electron chi connectivity index (χ2n) is 5.10. The molecular formula is C15H23N. The summed E-state index contributed by atoms with van der Waals surface area (Å²) in [6.45, 7) is 0. The summed E-state index contributed by atoms with van der Waals surface area (Å²) in [6, 6.07) is 10.7. The normalized spacial score (nSPS) is 19.6. The largest absolute Gasteiger partial charge is 0.324 e. The van der Waals surface area contributed by atoms with Crippen molar-refractivity contribution < 1.29 is 0 Å². The summed E-state index contributed by atoms with van der Waals surface area (Å²) in [6.07, 6.45) is 9.64. The first-order valence-corrected chi connectivity index (χ1v) is 6.67. The van der Waals surface area contributed by atoms with Crippen molar-refractivity contribution in [2.45, 2.75) is 51.0 Å². The number of hydrogen-bond donors (Lipinski definition) is 1. The molecule has 88 valence electrons. The highest BCUT2D eigenvalue weighted by molar-refractivity contribution is 5.18. The van der Waals surface area contributed by atoms with E-state index in [0.717, 1.165) is 12.3 Å². The molecule has 0 spiro atoms. The fourth-order valence-corrected chi connectivity index (χ4v) is 2.76. The fourth-order valence-electron chi connectivity index (χ4n) is 2.76. The van der Waals surface area contributed by atoms with E-state index in [1.165, 1.54) is 44.1 Å². The predicted molar refractivity (Wildman–Crippen MR) is 69.2 cm³/mol. The topological polar surface area (TPSA) is 26.0 Å². The minimum absolute atomic E-state index is 0.239. The van der Waals surface area contributed by atoms with Crippen LogP contribution in [-0.2, 0) is 0 Å². The molecular weight excluding hydrogens is 194 g/mol. The standard InChI is InChI=1S/C15H23N/c16-15(14-9-5-2-6-10-14)12-11-13-7-3-1-4-8-13/h2,5-6,9-10,13,15H,1,3-4,7-8,11-12,16H2/t15-/m0/s1. The molecule has 1 aromatic rings. The molecule has 0 radical (unpaired) electrons. The van der Waals surface area contributed by atoms with Crippen LogP contribution < -0.4 is 5.73 Å². The van der Waals surface area contributed by atoms with Crippen LogP contribution in [0.1, 0.15) is 56.6 Å². The average molecular weight is 217 g/mol. The van der Waals surface area contributed by atoms with Gasteiger partial charge in [-0.3, -0.25) is 0 Å². The minimum Gasteiger partial charge on any atom is -0.324 e. The van der Waals surface area contributed by atoms with Crippen molar-refractivity contribution in [1.29, 1.82) is 0 Å². The first-order chi connectivity index (χ1) is 7.86. The summed E-state index contributed by atoms with van der Waals surface area (Å²) < 4.78 is 0. The molecule has 2 N–H and O–H groups in total. The van der Waals surface area contributed by atoms with Crippen LogP contribution in [0, 0.1) is 5.92 Å². The van der Waals surface area contributed by atoms with Crippen molar-refractivity contribution in [2.24, 2.45) is 11.7 Å². The second-order valence-corrected chi connectivity index (χ2v) is 5.10. The van der Waals surface area contributed by atoms with Crippen LogP contribution >= 0.6 is 0 Å². The van der Waals surface area contributed by atoms with Gasteiger partial charge < -0.3 is 5.73 Å². The molecule has 1 aliphatic rings. The van der Waals surface area contributed by atoms with E-state index in [1.807, 2.05) is 0 Å². The zero-order valence-electron chi connectivity index (χ0n) is 10.1. The fraction of sp³-hybridized carbons (Fsp3) is 0.600. The van der Waals surface area contributed by atoms with E-state index in [4.69, 9.17) is 5.73 Å². The second kappa shape index (κ2) is 6.05. The highest BCUT2D eigenvalue weighted by Crippen LogP contribution is 2.29. The van der Waals surface area contributed by atoms with Gasteiger partial charge in [-0.05, 0) is 24.3 Å². The highest BCUT2D eigenvalue weighted by Gasteiger charge is 2.15. The molecule has 16 heavy (non-hydrogen) atoms. The van der Waals surface area contributed by atoms with E-state index in [9.17, 15) is 0 Å². The number of benzene rings is 1. The van der Waals surface area contributed by atoms with Crippen LogP contribution in [0.5, 0.6) is 0 Å². The average Bonchev–Trinajstić information content (AvgIpc) is 2.38. The van der Waals surface area contributed by atoms with E-state index in [2.05, 4.69) is 30.3 Å². The monoisotopic (exact) mass is 217 g/mol. The number of rotatable bonds is 4. The Kier molecular flexibility index (Phi) is 4.41. The molecule has 0 saturated heterocycles. The zero-order chi connectivity index (χ0) is 11.2. The third kappa shape index (κ3) is 3.34. The Labute approximate surface area is 99.0 Å². The van der Waals surface area contributed by atoms with Gasteiger partial charge >= 0.3 is 0 Å². The van der Waals surface area contributed by atoms with Crippen LogP contribution in [0.3, 0.4) is 0 Å². The molecule has 1 aliphatic carbocycles. The molecule has 1 saturated carbocycles. The van der Waals surface area contributed by atoms with Crippen molar-refractivity contribution in [3.05, 3.63) is 35.9 Å². The molecule has 0 aliphatic heterocycles. The first-order valence-electron chi connectivity index (χ1n) is 6.67. The van der Waals surface area contributed by atoms with E-state index >= 15 is 0 Å². The van der Waals surface area contributed by atoms with E-state index in [-0.39, 0.29) is 6.04 Å². The Morgan fingerprint density at radius 3 is 2.44 bits per heavy atom. The lowest BCUT2D eigenvalue weighted by molar-refractivity contribution is 0.324. The van der Waals surface area contributed by atoms with E-state index in [0.29, 0.717) is 0 Å². The molecule has 0 unspecified atom stereocenters. The third-order valence-electron chi connectivity index (χ3n) is 3.84. The summed E-state index contributed by atoms with van der Waals surface area (Å²) in [7, 11) is 0. The summed E-state index contributed by atoms with van der Waals surface area (Å²) in [4.78, 5) is 0. The molecule has 0 heterocycles. The van der Waals surface area contributed by atoms with Crippen molar-refractivity contribution >= 4 is 0 Å². The molecule has 1 atom stereocenters. The van der Waals surface area contributed by atoms with Gasteiger partial charge in [-0.25, -0.2) is 0 Å². The SMILES string of the molecule is N[C@@H](CCC1CCCCC1)c1ccccc1. The predicted octanol–water partition coefficient (Wildman–Crippen LogP) is 4.05. The van der Waals surface area contributed by atoms with Gasteiger partial charge in [0.25, 0.3) is 0 Å². The van der Waals surface area contributed by atoms with Gasteiger partial charge in [-0.15, -0.1) is 0 Å². The van der Waals surface area contributed by atoms with Crippen molar-refractivity contribution in [1.82, 2.24) is 0 Å². The molecule has 1 aromatic carbocycles. The zero-order valence-corrected chi connectivity index (χ0v) is 10.1. The summed E-state index contributed by atoms with van der Waals surface area (Å²) >= 11 is 0. The van der Waals surface area contributed by atoms with Crippen molar-refractivity contribution in [3.8, 4) is 0 Å². The quantitative estimate of drug-likeness (QED) is 0.809. The van der Waals surface area contributed by atoms with Crippen LogP contribution in [0.25, 0.3) is 0 Å². The Balaban J connectivity index is 1.77. The lowest BCUT2D eigenvalue weighted by Crippen LogP contribution is -2.13. The van der Waals surface area contributed by atoms with Crippen LogP contribution in [-0.4, -0.2) is 0 Å². The van der Waals surface area contributed by atoms with E-state index < -0.39 is 0 Å². The molecule has 1 fully saturated rings. The molecule has 1 nitrogen and oxygen atoms in total. The maximum atomic E-state index is 6.21. The van der Waals surface area contributed by atoms with Gasteiger partial charge in [0.15, 0.2) is 0 Å². The van der Waals surface area contributed by atoms with E-state index in [1.54, 1.807) is 0 Å². The summed E-state index contributed by atoms with van der Waals surface area (Å²) in [5, 5.41) is 0. The molecule has 1 heteroatoms. The van der Waals surface area contributed by atoms with Crippen LogP contribution in [0.2, 0.25) is 0 Å². The Morgan fingerprint density at radius 2 is 1.75 bits per heavy atom. The summed E-state index contributed by atoms with van der Waals surface area (Å²) in [5.41, 5.74) is 7.50. The first kappa shape index (κ1) is 11.7. The lowest BCUT2D eigenvalue weighted by atomic mass is 9.84. The number of nitrogens with two attached hydrogens (primary N) is 1. The van der Waals surface area contributed by atoms with Gasteiger partial charge in [-0.1, -0.05) is 62.4 Å². The van der Waals surface area contributed by atoms with Crippen LogP contribution in [0.15, 0.2) is 30.3 Å². The number of hydrogen-bond acceptors (Lipinski definition) is 1. The van der Waals surface area contributed by atoms with Gasteiger partial charge in [0.05, 0.1) is 0 Å². The molecule has 0 amide bonds. The highest BCUT2D eigenvalue weighted by atomic mass is 14.6.